The average Bonchev–Trinajstić information content (AvgIpc) is 1.86. The fourth-order valence-electron chi connectivity index (χ4n) is 7.84. The van der Waals surface area contributed by atoms with Gasteiger partial charge < -0.3 is 137 Å². The van der Waals surface area contributed by atoms with Crippen molar-refractivity contribution in [1.29, 1.82) is 0 Å². The molecule has 0 aromatic rings. The number of alkyl halides is 8. The van der Waals surface area contributed by atoms with E-state index in [4.69, 9.17) is 230 Å². The van der Waals surface area contributed by atoms with Gasteiger partial charge in [-0.2, -0.15) is 0 Å². The smallest absolute Gasteiger partial charge is 0.104 e. The molecule has 103 heavy (non-hydrogen) atoms. The highest BCUT2D eigenvalue weighted by atomic mass is 35.5. The first kappa shape index (κ1) is 104. The number of hydrogen-bond donors (Lipinski definition) is 0. The first-order valence-electron chi connectivity index (χ1n) is 35.5. The Labute approximate surface area is 653 Å². The van der Waals surface area contributed by atoms with Crippen LogP contribution in [0.3, 0.4) is 0 Å². The highest BCUT2D eigenvalue weighted by Gasteiger charge is 2.21. The van der Waals surface area contributed by atoms with Crippen LogP contribution < -0.4 is 0 Å². The van der Waals surface area contributed by atoms with Crippen molar-refractivity contribution in [3.05, 3.63) is 0 Å². The Kier molecular flexibility index (Phi) is 93.1. The second-order valence-electron chi connectivity index (χ2n) is 21.1. The largest absolute Gasteiger partial charge is 0.378 e. The minimum Gasteiger partial charge on any atom is -0.378 e. The van der Waals surface area contributed by atoms with Crippen molar-refractivity contribution < 1.29 is 137 Å². The van der Waals surface area contributed by atoms with Crippen LogP contribution in [0.15, 0.2) is 0 Å². The maximum absolute atomic E-state index is 6.38. The van der Waals surface area contributed by atoms with E-state index in [1.54, 1.807) is 0 Å². The van der Waals surface area contributed by atoms with Crippen molar-refractivity contribution in [3.8, 4) is 0 Å². The quantitative estimate of drug-likeness (QED) is 0.0530. The molecule has 0 aliphatic heterocycles. The zero-order valence-corrected chi connectivity index (χ0v) is 66.8. The SMILES string of the molecule is ClCCOCCOCCOCC(COCC(COCC(COCC(COCC(COCC(COCCOCCOCCCl)OCCOCCOCCCl)OCCOCCOCCCl)OCCOCCOCCCl)OCCOCCOCCCl)OCCOCCOCCCl)OCCOCCOCCCl. The monoisotopic (exact) mass is 1660 g/mol. The summed E-state index contributed by atoms with van der Waals surface area (Å²) in [6, 6.07) is 0. The van der Waals surface area contributed by atoms with Gasteiger partial charge in [-0.05, 0) is 0 Å². The molecule has 0 aromatic carbocycles. The van der Waals surface area contributed by atoms with E-state index in [2.05, 4.69) is 0 Å². The van der Waals surface area contributed by atoms with Crippen LogP contribution in [0.1, 0.15) is 0 Å². The highest BCUT2D eigenvalue weighted by Crippen LogP contribution is 2.08. The summed E-state index contributed by atoms with van der Waals surface area (Å²) in [5, 5.41) is 0. The first-order chi connectivity index (χ1) is 51.0. The summed E-state index contributed by atoms with van der Waals surface area (Å²) in [5.41, 5.74) is 0. The van der Waals surface area contributed by atoms with Crippen LogP contribution in [0, 0.1) is 0 Å². The summed E-state index contributed by atoms with van der Waals surface area (Å²) in [4.78, 5) is 0. The van der Waals surface area contributed by atoms with Crippen LogP contribution in [0.2, 0.25) is 0 Å². The molecule has 0 saturated carbocycles. The van der Waals surface area contributed by atoms with Gasteiger partial charge in [-0.1, -0.05) is 0 Å². The molecule has 0 bridgehead atoms. The third-order valence-electron chi connectivity index (χ3n) is 12.6. The second kappa shape index (κ2) is 92.0. The van der Waals surface area contributed by atoms with Crippen molar-refractivity contribution in [2.75, 3.05) is 391 Å². The van der Waals surface area contributed by atoms with E-state index in [1.165, 1.54) is 0 Å². The second-order valence-corrected chi connectivity index (χ2v) is 24.1. The van der Waals surface area contributed by atoms with E-state index < -0.39 is 36.6 Å². The molecule has 0 saturated heterocycles. The van der Waals surface area contributed by atoms with Gasteiger partial charge in [-0.15, -0.1) is 92.8 Å². The number of rotatable bonds is 94. The molecule has 37 heteroatoms. The summed E-state index contributed by atoms with van der Waals surface area (Å²) in [6.07, 6.45) is -3.15. The summed E-state index contributed by atoms with van der Waals surface area (Å²) in [5.74, 6) is 3.19. The molecule has 6 atom stereocenters. The van der Waals surface area contributed by atoms with E-state index in [0.717, 1.165) is 0 Å². The molecule has 0 amide bonds. The van der Waals surface area contributed by atoms with Crippen molar-refractivity contribution >= 4 is 92.8 Å². The zero-order chi connectivity index (χ0) is 74.4. The molecular formula is C66H126Cl8O29. The Balaban J connectivity index is 6.39. The van der Waals surface area contributed by atoms with Gasteiger partial charge in [0.15, 0.2) is 0 Å². The Hall–Kier alpha value is 1.16. The number of hydrogen-bond acceptors (Lipinski definition) is 29. The van der Waals surface area contributed by atoms with Crippen LogP contribution in [0.25, 0.3) is 0 Å². The summed E-state index contributed by atoms with van der Waals surface area (Å²) >= 11 is 46.0. The van der Waals surface area contributed by atoms with Gasteiger partial charge >= 0.3 is 0 Å². The topological polar surface area (TPSA) is 268 Å². The lowest BCUT2D eigenvalue weighted by molar-refractivity contribution is -0.131. The van der Waals surface area contributed by atoms with Crippen LogP contribution in [-0.2, 0) is 137 Å². The lowest BCUT2D eigenvalue weighted by Crippen LogP contribution is -2.36. The van der Waals surface area contributed by atoms with Crippen molar-refractivity contribution in [1.82, 2.24) is 0 Å². The molecule has 0 rings (SSSR count). The van der Waals surface area contributed by atoms with Gasteiger partial charge in [0.05, 0.1) is 344 Å². The van der Waals surface area contributed by atoms with Gasteiger partial charge in [0.1, 0.15) is 36.6 Å². The standard InChI is InChI=1S/C66H126Cl8O29/c67-1-9-75-17-25-83-33-35-91-49-61(98-43-37-85-27-19-77-11-3-69)51-93-53-63(100-45-39-87-29-21-79-13-5-71)55-95-57-65(102-47-41-89-31-23-81-15-7-73)59-97-60-66(103-48-42-90-32-24-82-16-8-74)58-96-56-64(101-46-40-88-30-22-80-14-6-72)54-94-52-62(99-44-38-86-28-20-78-12-4-70)50-92-36-34-84-26-18-76-10-2-68/h61-66H,1-60H2. The molecular weight excluding hydrogens is 1540 g/mol. The van der Waals surface area contributed by atoms with E-state index in [-0.39, 0.29) is 132 Å². The number of ether oxygens (including phenoxy) is 29. The molecule has 0 fully saturated rings. The molecule has 0 heterocycles. The maximum Gasteiger partial charge on any atom is 0.104 e. The predicted molar refractivity (Wildman–Crippen MR) is 393 cm³/mol. The Morgan fingerprint density at radius 3 is 0.330 bits per heavy atom. The molecule has 0 aliphatic rings. The molecule has 0 spiro atoms. The molecule has 620 valence electrons. The third kappa shape index (κ3) is 82.4. The zero-order valence-electron chi connectivity index (χ0n) is 60.8. The van der Waals surface area contributed by atoms with Gasteiger partial charge in [-0.3, -0.25) is 0 Å². The lowest BCUT2D eigenvalue weighted by Gasteiger charge is -2.24. The highest BCUT2D eigenvalue weighted by molar-refractivity contribution is 6.19. The summed E-state index contributed by atoms with van der Waals surface area (Å²) in [7, 11) is 0. The molecule has 0 aliphatic carbocycles. The molecule has 0 N–H and O–H groups in total. The molecule has 29 nitrogen and oxygen atoms in total. The van der Waals surface area contributed by atoms with E-state index in [1.807, 2.05) is 0 Å². The molecule has 0 radical (unpaired) electrons. The minimum absolute atomic E-state index is 0.0976. The third-order valence-corrected chi connectivity index (χ3v) is 13.9. The number of halogens is 8. The van der Waals surface area contributed by atoms with Gasteiger partial charge in [-0.25, -0.2) is 0 Å². The van der Waals surface area contributed by atoms with Crippen LogP contribution in [-0.4, -0.2) is 427 Å². The molecule has 0 aromatic heterocycles. The fourth-order valence-corrected chi connectivity index (χ4v) is 8.71. The summed E-state index contributed by atoms with van der Waals surface area (Å²) < 4.78 is 170. The Morgan fingerprint density at radius 1 is 0.107 bits per heavy atom. The van der Waals surface area contributed by atoms with Crippen LogP contribution in [0.4, 0.5) is 0 Å². The molecule has 6 unspecified atom stereocenters. The Morgan fingerprint density at radius 2 is 0.204 bits per heavy atom. The van der Waals surface area contributed by atoms with Crippen LogP contribution >= 0.6 is 92.8 Å². The van der Waals surface area contributed by atoms with Crippen LogP contribution in [0.5, 0.6) is 0 Å². The predicted octanol–water partition coefficient (Wildman–Crippen LogP) is 5.59. The van der Waals surface area contributed by atoms with E-state index >= 15 is 0 Å². The normalized spacial score (nSPS) is 13.7. The fraction of sp³-hybridized carbons (Fsp3) is 1.00. The summed E-state index contributed by atoms with van der Waals surface area (Å²) in [6.45, 7) is 16.2. The van der Waals surface area contributed by atoms with E-state index in [0.29, 0.717) is 258 Å². The van der Waals surface area contributed by atoms with Gasteiger partial charge in [0.25, 0.3) is 0 Å². The lowest BCUT2D eigenvalue weighted by atomic mass is 10.3. The maximum atomic E-state index is 6.38. The average molecular weight is 1670 g/mol. The van der Waals surface area contributed by atoms with Gasteiger partial charge in [0.2, 0.25) is 0 Å². The van der Waals surface area contributed by atoms with E-state index in [9.17, 15) is 0 Å². The van der Waals surface area contributed by atoms with Gasteiger partial charge in [0, 0.05) is 47.0 Å². The van der Waals surface area contributed by atoms with Crippen molar-refractivity contribution in [2.45, 2.75) is 36.6 Å². The first-order valence-corrected chi connectivity index (χ1v) is 39.7. The van der Waals surface area contributed by atoms with Crippen molar-refractivity contribution in [3.63, 3.8) is 0 Å². The minimum atomic E-state index is -0.575. The van der Waals surface area contributed by atoms with Crippen molar-refractivity contribution in [2.24, 2.45) is 0 Å². The Bertz CT molecular complexity index is 1460.